The Morgan fingerprint density at radius 2 is 1.70 bits per heavy atom. The molecular weight excluding hydrogens is 418 g/mol. The average Bonchev–Trinajstić information content (AvgIpc) is 3.30. The van der Waals surface area contributed by atoms with E-state index >= 15 is 0 Å². The van der Waals surface area contributed by atoms with Crippen molar-refractivity contribution in [3.05, 3.63) is 53.1 Å². The van der Waals surface area contributed by atoms with Gasteiger partial charge in [0, 0.05) is 44.3 Å². The molecule has 1 fully saturated rings. The molecule has 1 atom stereocenters. The maximum absolute atomic E-state index is 12.6. The van der Waals surface area contributed by atoms with E-state index in [1.165, 1.54) is 24.0 Å². The third-order valence-corrected chi connectivity index (χ3v) is 6.81. The van der Waals surface area contributed by atoms with E-state index in [9.17, 15) is 4.79 Å². The third-order valence-electron chi connectivity index (χ3n) is 6.81. The fourth-order valence-corrected chi connectivity index (χ4v) is 5.03. The van der Waals surface area contributed by atoms with Crippen LogP contribution in [0.15, 0.2) is 36.4 Å². The largest absolute Gasteiger partial charge is 0.493 e. The number of hydrogen-bond donors (Lipinski definition) is 1. The van der Waals surface area contributed by atoms with Gasteiger partial charge in [0.2, 0.25) is 5.75 Å². The summed E-state index contributed by atoms with van der Waals surface area (Å²) in [5.41, 5.74) is 3.54. The molecule has 0 radical (unpaired) electrons. The van der Waals surface area contributed by atoms with Crippen LogP contribution in [0.2, 0.25) is 0 Å². The second kappa shape index (κ2) is 10.9. The summed E-state index contributed by atoms with van der Waals surface area (Å²) in [6.45, 7) is 6.00. The van der Waals surface area contributed by atoms with Crippen LogP contribution in [0.25, 0.3) is 0 Å². The highest BCUT2D eigenvalue weighted by Gasteiger charge is 2.29. The Morgan fingerprint density at radius 3 is 2.36 bits per heavy atom. The second-order valence-corrected chi connectivity index (χ2v) is 8.65. The first-order valence-corrected chi connectivity index (χ1v) is 11.8. The summed E-state index contributed by atoms with van der Waals surface area (Å²) < 4.78 is 16.0. The van der Waals surface area contributed by atoms with Gasteiger partial charge in [0.05, 0.1) is 21.3 Å². The predicted molar refractivity (Wildman–Crippen MR) is 129 cm³/mol. The molecule has 1 heterocycles. The molecule has 1 unspecified atom stereocenters. The van der Waals surface area contributed by atoms with E-state index in [2.05, 4.69) is 39.4 Å². The molecule has 0 saturated carbocycles. The highest BCUT2D eigenvalue weighted by molar-refractivity contribution is 5.95. The normalized spacial score (nSPS) is 18.6. The minimum absolute atomic E-state index is 0.140. The lowest BCUT2D eigenvalue weighted by molar-refractivity contribution is 0.0914. The van der Waals surface area contributed by atoms with Crippen LogP contribution in [0, 0.1) is 0 Å². The Bertz CT molecular complexity index is 931. The summed E-state index contributed by atoms with van der Waals surface area (Å²) in [7, 11) is 4.64. The summed E-state index contributed by atoms with van der Waals surface area (Å²) in [4.78, 5) is 17.8. The molecule has 1 amide bonds. The number of methoxy groups -OCH3 is 3. The molecule has 1 saturated heterocycles. The molecule has 33 heavy (non-hydrogen) atoms. The molecule has 0 bridgehead atoms. The van der Waals surface area contributed by atoms with Gasteiger partial charge in [-0.05, 0) is 49.1 Å². The van der Waals surface area contributed by atoms with Crippen molar-refractivity contribution in [3.63, 3.8) is 0 Å². The van der Waals surface area contributed by atoms with Gasteiger partial charge in [-0.3, -0.25) is 9.69 Å². The van der Waals surface area contributed by atoms with Crippen molar-refractivity contribution >= 4 is 5.91 Å². The number of nitrogens with one attached hydrogen (secondary N) is 1. The fraction of sp³-hybridized carbons (Fsp3) is 0.500. The fourth-order valence-electron chi connectivity index (χ4n) is 5.03. The minimum Gasteiger partial charge on any atom is -0.493 e. The number of ether oxygens (including phenoxy) is 3. The zero-order valence-electron chi connectivity index (χ0n) is 19.9. The molecule has 1 N–H and O–H groups in total. The number of rotatable bonds is 9. The van der Waals surface area contributed by atoms with Crippen LogP contribution >= 0.6 is 0 Å². The van der Waals surface area contributed by atoms with Gasteiger partial charge in [0.1, 0.15) is 0 Å². The van der Waals surface area contributed by atoms with E-state index in [1.54, 1.807) is 33.5 Å². The Kier molecular flexibility index (Phi) is 7.73. The molecule has 7 heteroatoms. The second-order valence-electron chi connectivity index (χ2n) is 8.65. The highest BCUT2D eigenvalue weighted by atomic mass is 16.5. The third kappa shape index (κ3) is 5.25. The van der Waals surface area contributed by atoms with Gasteiger partial charge in [0.25, 0.3) is 5.91 Å². The number of fused-ring (bicyclic) bond motifs is 1. The number of benzene rings is 2. The molecule has 0 spiro atoms. The minimum atomic E-state index is -0.140. The zero-order valence-corrected chi connectivity index (χ0v) is 19.9. The Morgan fingerprint density at radius 1 is 1.00 bits per heavy atom. The van der Waals surface area contributed by atoms with Crippen molar-refractivity contribution < 1.29 is 19.0 Å². The van der Waals surface area contributed by atoms with Gasteiger partial charge < -0.3 is 24.4 Å². The van der Waals surface area contributed by atoms with E-state index in [0.29, 0.717) is 35.4 Å². The summed E-state index contributed by atoms with van der Waals surface area (Å²) in [5.74, 6) is 1.30. The van der Waals surface area contributed by atoms with Crippen LogP contribution in [0.5, 0.6) is 17.2 Å². The number of hydrogen-bond acceptors (Lipinski definition) is 6. The lowest BCUT2D eigenvalue weighted by Crippen LogP contribution is -2.47. The standard InChI is InChI=1S/C26H35N3O4/c1-31-23-17-20(18-24(32-2)25(23)33-3)26(30)27-11-6-12-28-13-15-29(16-14-28)22-10-9-19-7-4-5-8-21(19)22/h4-5,7-8,17-18,22H,6,9-16H2,1-3H3,(H,27,30). The topological polar surface area (TPSA) is 63.3 Å². The molecule has 0 aromatic heterocycles. The van der Waals surface area contributed by atoms with Gasteiger partial charge in [-0.15, -0.1) is 0 Å². The Hall–Kier alpha value is -2.77. The maximum atomic E-state index is 12.6. The lowest BCUT2D eigenvalue weighted by Gasteiger charge is -2.38. The van der Waals surface area contributed by atoms with Crippen molar-refractivity contribution in [1.82, 2.24) is 15.1 Å². The average molecular weight is 454 g/mol. The smallest absolute Gasteiger partial charge is 0.251 e. The molecule has 7 nitrogen and oxygen atoms in total. The van der Waals surface area contributed by atoms with Crippen LogP contribution in [-0.4, -0.2) is 76.3 Å². The summed E-state index contributed by atoms with van der Waals surface area (Å²) >= 11 is 0. The van der Waals surface area contributed by atoms with Crippen LogP contribution in [-0.2, 0) is 6.42 Å². The molecule has 2 aromatic carbocycles. The molecule has 178 valence electrons. The predicted octanol–water partition coefficient (Wildman–Crippen LogP) is 3.14. The number of carbonyl (C=O) groups is 1. The number of aryl methyl sites for hydroxylation is 1. The number of nitrogens with zero attached hydrogens (tertiary/aromatic N) is 2. The van der Waals surface area contributed by atoms with Gasteiger partial charge in [-0.2, -0.15) is 0 Å². The van der Waals surface area contributed by atoms with Gasteiger partial charge in [-0.25, -0.2) is 0 Å². The first-order chi connectivity index (χ1) is 16.1. The van der Waals surface area contributed by atoms with Crippen molar-refractivity contribution in [3.8, 4) is 17.2 Å². The number of carbonyl (C=O) groups excluding carboxylic acids is 1. The van der Waals surface area contributed by atoms with Crippen LogP contribution in [0.3, 0.4) is 0 Å². The number of amides is 1. The van der Waals surface area contributed by atoms with Crippen LogP contribution < -0.4 is 19.5 Å². The Labute approximate surface area is 196 Å². The molecule has 1 aliphatic heterocycles. The molecule has 1 aliphatic carbocycles. The van der Waals surface area contributed by atoms with Gasteiger partial charge >= 0.3 is 0 Å². The van der Waals surface area contributed by atoms with Crippen molar-refractivity contribution in [1.29, 1.82) is 0 Å². The van der Waals surface area contributed by atoms with Crippen molar-refractivity contribution in [2.75, 3.05) is 60.6 Å². The summed E-state index contributed by atoms with van der Waals surface area (Å²) in [6, 6.07) is 12.8. The van der Waals surface area contributed by atoms with E-state index in [1.807, 2.05) is 0 Å². The number of piperazine rings is 1. The Balaban J connectivity index is 1.21. The SMILES string of the molecule is COc1cc(C(=O)NCCCN2CCN(C3CCc4ccccc43)CC2)cc(OC)c1OC. The quantitative estimate of drug-likeness (QED) is 0.589. The monoisotopic (exact) mass is 453 g/mol. The molecular formula is C26H35N3O4. The van der Waals surface area contributed by atoms with E-state index < -0.39 is 0 Å². The van der Waals surface area contributed by atoms with Crippen molar-refractivity contribution in [2.45, 2.75) is 25.3 Å². The summed E-state index contributed by atoms with van der Waals surface area (Å²) in [5, 5.41) is 3.02. The first-order valence-electron chi connectivity index (χ1n) is 11.8. The van der Waals surface area contributed by atoms with Crippen LogP contribution in [0.4, 0.5) is 0 Å². The van der Waals surface area contributed by atoms with E-state index in [4.69, 9.17) is 14.2 Å². The molecule has 2 aliphatic rings. The maximum Gasteiger partial charge on any atom is 0.251 e. The first kappa shape index (κ1) is 23.4. The van der Waals surface area contributed by atoms with E-state index in [0.717, 1.165) is 39.1 Å². The lowest BCUT2D eigenvalue weighted by atomic mass is 10.1. The summed E-state index contributed by atoms with van der Waals surface area (Å²) in [6.07, 6.45) is 3.36. The highest BCUT2D eigenvalue weighted by Crippen LogP contribution is 2.38. The van der Waals surface area contributed by atoms with E-state index in [-0.39, 0.29) is 5.91 Å². The zero-order chi connectivity index (χ0) is 23.2. The van der Waals surface area contributed by atoms with Crippen molar-refractivity contribution in [2.24, 2.45) is 0 Å². The van der Waals surface area contributed by atoms with Gasteiger partial charge in [-0.1, -0.05) is 24.3 Å². The van der Waals surface area contributed by atoms with Gasteiger partial charge in [0.15, 0.2) is 11.5 Å². The molecule has 2 aromatic rings. The molecule has 4 rings (SSSR count). The van der Waals surface area contributed by atoms with Crippen LogP contribution in [0.1, 0.15) is 40.4 Å².